The molecule has 0 fully saturated rings. The van der Waals surface area contributed by atoms with Crippen LogP contribution in [0.15, 0.2) is 42.5 Å². The van der Waals surface area contributed by atoms with Crippen molar-refractivity contribution in [3.8, 4) is 17.2 Å². The minimum atomic E-state index is -0.643. The third-order valence-electron chi connectivity index (χ3n) is 3.86. The van der Waals surface area contributed by atoms with E-state index in [1.165, 1.54) is 12.1 Å². The molecular weight excluding hydrogens is 294 g/mol. The van der Waals surface area contributed by atoms with Crippen LogP contribution in [0, 0.1) is 0 Å². The van der Waals surface area contributed by atoms with Crippen molar-refractivity contribution < 1.29 is 19.4 Å². The number of hydrogen-bond donors (Lipinski definition) is 1. The summed E-state index contributed by atoms with van der Waals surface area (Å²) in [7, 11) is 1.71. The first-order chi connectivity index (χ1) is 11.1. The Bertz CT molecular complexity index is 729. The molecule has 1 aliphatic heterocycles. The smallest absolute Gasteiger partial charge is 0.268 e. The molecule has 3 rings (SSSR count). The van der Waals surface area contributed by atoms with E-state index >= 15 is 0 Å². The highest BCUT2D eigenvalue weighted by atomic mass is 16.5. The van der Waals surface area contributed by atoms with Crippen molar-refractivity contribution in [1.82, 2.24) is 0 Å². The van der Waals surface area contributed by atoms with Gasteiger partial charge in [-0.05, 0) is 30.7 Å². The summed E-state index contributed by atoms with van der Waals surface area (Å²) < 4.78 is 11.4. The summed E-state index contributed by atoms with van der Waals surface area (Å²) in [5, 5.41) is 9.63. The molecular formula is C18H19NO4. The summed E-state index contributed by atoms with van der Waals surface area (Å²) in [6, 6.07) is 12.4. The zero-order valence-corrected chi connectivity index (χ0v) is 13.2. The summed E-state index contributed by atoms with van der Waals surface area (Å²) in [5.41, 5.74) is 1.58. The molecule has 1 N–H and O–H groups in total. The molecule has 1 atom stereocenters. The van der Waals surface area contributed by atoms with Crippen LogP contribution in [0.4, 0.5) is 5.69 Å². The van der Waals surface area contributed by atoms with Gasteiger partial charge in [-0.2, -0.15) is 0 Å². The van der Waals surface area contributed by atoms with E-state index in [0.717, 1.165) is 11.3 Å². The first-order valence-corrected chi connectivity index (χ1v) is 7.58. The molecule has 120 valence electrons. The van der Waals surface area contributed by atoms with Gasteiger partial charge in [0.25, 0.3) is 5.91 Å². The fourth-order valence-electron chi connectivity index (χ4n) is 2.71. The van der Waals surface area contributed by atoms with Crippen LogP contribution in [-0.2, 0) is 11.2 Å². The van der Waals surface area contributed by atoms with Crippen molar-refractivity contribution in [2.75, 3.05) is 18.6 Å². The van der Waals surface area contributed by atoms with E-state index in [0.29, 0.717) is 24.5 Å². The molecule has 0 saturated carbocycles. The molecule has 2 aromatic carbocycles. The first-order valence-electron chi connectivity index (χ1n) is 7.58. The number of carbonyl (C=O) groups is 1. The maximum absolute atomic E-state index is 12.5. The van der Waals surface area contributed by atoms with Crippen LogP contribution in [-0.4, -0.2) is 30.8 Å². The number of amides is 1. The number of para-hydroxylation sites is 1. The predicted octanol–water partition coefficient (Wildman–Crippen LogP) is 2.76. The molecule has 5 nitrogen and oxygen atoms in total. The lowest BCUT2D eigenvalue weighted by Gasteiger charge is -2.32. The van der Waals surface area contributed by atoms with Gasteiger partial charge in [0, 0.05) is 19.5 Å². The average molecular weight is 313 g/mol. The number of aromatic hydroxyl groups is 1. The lowest BCUT2D eigenvalue weighted by molar-refractivity contribution is -0.125. The van der Waals surface area contributed by atoms with Gasteiger partial charge < -0.3 is 19.5 Å². The first kappa shape index (κ1) is 15.2. The molecule has 0 bridgehead atoms. The second-order valence-corrected chi connectivity index (χ2v) is 5.40. The number of carbonyl (C=O) groups excluding carboxylic acids is 1. The van der Waals surface area contributed by atoms with Crippen LogP contribution in [0.2, 0.25) is 0 Å². The van der Waals surface area contributed by atoms with Crippen molar-refractivity contribution in [3.05, 3.63) is 48.0 Å². The Hall–Kier alpha value is -2.69. The fraction of sp³-hybridized carbons (Fsp3) is 0.278. The zero-order chi connectivity index (χ0) is 16.4. The molecule has 1 heterocycles. The molecule has 0 saturated heterocycles. The molecule has 1 unspecified atom stereocenters. The van der Waals surface area contributed by atoms with Gasteiger partial charge in [-0.25, -0.2) is 0 Å². The minimum Gasteiger partial charge on any atom is -0.508 e. The highest BCUT2D eigenvalue weighted by Crippen LogP contribution is 2.36. The van der Waals surface area contributed by atoms with Crippen LogP contribution in [0.25, 0.3) is 0 Å². The van der Waals surface area contributed by atoms with E-state index in [1.54, 1.807) is 18.0 Å². The number of phenols is 1. The van der Waals surface area contributed by atoms with Gasteiger partial charge in [0.1, 0.15) is 17.2 Å². The predicted molar refractivity (Wildman–Crippen MR) is 87.2 cm³/mol. The number of phenolic OH excluding ortho intramolecular Hbond substituents is 1. The average Bonchev–Trinajstić information content (AvgIpc) is 2.54. The van der Waals surface area contributed by atoms with Crippen molar-refractivity contribution in [3.63, 3.8) is 0 Å². The minimum absolute atomic E-state index is 0.111. The van der Waals surface area contributed by atoms with Gasteiger partial charge in [0.15, 0.2) is 6.10 Å². The summed E-state index contributed by atoms with van der Waals surface area (Å²) >= 11 is 0. The Labute approximate surface area is 135 Å². The molecule has 5 heteroatoms. The number of nitrogens with zero attached hydrogens (tertiary/aromatic N) is 1. The third-order valence-corrected chi connectivity index (χ3v) is 3.86. The van der Waals surface area contributed by atoms with Crippen LogP contribution in [0.3, 0.4) is 0 Å². The Morgan fingerprint density at radius 1 is 1.26 bits per heavy atom. The molecule has 23 heavy (non-hydrogen) atoms. The Balaban J connectivity index is 1.88. The third kappa shape index (κ3) is 2.95. The fourth-order valence-corrected chi connectivity index (χ4v) is 2.71. The van der Waals surface area contributed by atoms with Crippen LogP contribution in [0.5, 0.6) is 17.2 Å². The highest BCUT2D eigenvalue weighted by Gasteiger charge is 2.33. The topological polar surface area (TPSA) is 59.0 Å². The van der Waals surface area contributed by atoms with Gasteiger partial charge in [-0.1, -0.05) is 18.2 Å². The maximum Gasteiger partial charge on any atom is 0.268 e. The number of anilines is 1. The number of fused-ring (bicyclic) bond motifs is 1. The number of likely N-dealkylation sites (N-methyl/N-ethyl adjacent to an activating group) is 1. The van der Waals surface area contributed by atoms with Crippen molar-refractivity contribution >= 4 is 11.6 Å². The standard InChI is InChI=1S/C18H19NO4/c1-3-22-15-7-5-4-6-12(15)10-17-18(21)19(2)14-9-8-13(20)11-16(14)23-17/h4-9,11,17,20H,3,10H2,1-2H3. The Kier molecular flexibility index (Phi) is 4.10. The quantitative estimate of drug-likeness (QED) is 0.943. The number of rotatable bonds is 4. The van der Waals surface area contributed by atoms with Crippen molar-refractivity contribution in [1.29, 1.82) is 0 Å². The van der Waals surface area contributed by atoms with Crippen molar-refractivity contribution in [2.24, 2.45) is 0 Å². The zero-order valence-electron chi connectivity index (χ0n) is 13.2. The van der Waals surface area contributed by atoms with E-state index in [2.05, 4.69) is 0 Å². The molecule has 0 radical (unpaired) electrons. The number of benzene rings is 2. The van der Waals surface area contributed by atoms with Crippen LogP contribution >= 0.6 is 0 Å². The van der Waals surface area contributed by atoms with Gasteiger partial charge in [-0.3, -0.25) is 4.79 Å². The summed E-state index contributed by atoms with van der Waals surface area (Å²) in [4.78, 5) is 14.1. The molecule has 2 aromatic rings. The molecule has 0 aromatic heterocycles. The van der Waals surface area contributed by atoms with E-state index in [9.17, 15) is 9.90 Å². The molecule has 0 aliphatic carbocycles. The summed E-state index contributed by atoms with van der Waals surface area (Å²) in [6.07, 6.45) is -0.232. The van der Waals surface area contributed by atoms with Crippen LogP contribution in [0.1, 0.15) is 12.5 Å². The normalized spacial score (nSPS) is 16.7. The molecule has 1 amide bonds. The van der Waals surface area contributed by atoms with E-state index in [4.69, 9.17) is 9.47 Å². The van der Waals surface area contributed by atoms with Gasteiger partial charge in [0.05, 0.1) is 12.3 Å². The van der Waals surface area contributed by atoms with Gasteiger partial charge >= 0.3 is 0 Å². The second-order valence-electron chi connectivity index (χ2n) is 5.40. The highest BCUT2D eigenvalue weighted by molar-refractivity contribution is 5.99. The van der Waals surface area contributed by atoms with Gasteiger partial charge in [0.2, 0.25) is 0 Å². The summed E-state index contributed by atoms with van der Waals surface area (Å²) in [5.74, 6) is 1.26. The lowest BCUT2D eigenvalue weighted by atomic mass is 10.0. The van der Waals surface area contributed by atoms with E-state index < -0.39 is 6.10 Å². The number of hydrogen-bond acceptors (Lipinski definition) is 4. The van der Waals surface area contributed by atoms with E-state index in [1.807, 2.05) is 31.2 Å². The maximum atomic E-state index is 12.5. The molecule has 1 aliphatic rings. The summed E-state index contributed by atoms with van der Waals surface area (Å²) in [6.45, 7) is 2.49. The lowest BCUT2D eigenvalue weighted by Crippen LogP contribution is -2.44. The van der Waals surface area contributed by atoms with E-state index in [-0.39, 0.29) is 11.7 Å². The largest absolute Gasteiger partial charge is 0.508 e. The number of ether oxygens (including phenoxy) is 2. The van der Waals surface area contributed by atoms with Crippen molar-refractivity contribution in [2.45, 2.75) is 19.4 Å². The monoisotopic (exact) mass is 313 g/mol. The molecule has 0 spiro atoms. The SMILES string of the molecule is CCOc1ccccc1CC1Oc2cc(O)ccc2N(C)C1=O. The Morgan fingerprint density at radius 2 is 2.04 bits per heavy atom. The van der Waals surface area contributed by atoms with Crippen LogP contribution < -0.4 is 14.4 Å². The van der Waals surface area contributed by atoms with Gasteiger partial charge in [-0.15, -0.1) is 0 Å². The Morgan fingerprint density at radius 3 is 2.83 bits per heavy atom. The second kappa shape index (κ2) is 6.20.